The van der Waals surface area contributed by atoms with Gasteiger partial charge in [0.1, 0.15) is 18.0 Å². The highest BCUT2D eigenvalue weighted by Crippen LogP contribution is 2.55. The summed E-state index contributed by atoms with van der Waals surface area (Å²) in [7, 11) is 6.48. The van der Waals surface area contributed by atoms with Crippen molar-refractivity contribution >= 4 is 11.0 Å². The number of fused-ring (bicyclic) bond motifs is 3. The van der Waals surface area contributed by atoms with E-state index < -0.39 is 6.10 Å². The second kappa shape index (κ2) is 7.13. The zero-order chi connectivity index (χ0) is 19.0. The van der Waals surface area contributed by atoms with E-state index in [0.717, 1.165) is 16.5 Å². The molecule has 0 amide bonds. The average molecular weight is 370 g/mol. The van der Waals surface area contributed by atoms with Gasteiger partial charge in [-0.3, -0.25) is 0 Å². The van der Waals surface area contributed by atoms with Gasteiger partial charge in [0.25, 0.3) is 0 Å². The van der Waals surface area contributed by atoms with Crippen LogP contribution in [0.3, 0.4) is 0 Å². The number of hydrogen-bond donors (Lipinski definition) is 0. The first-order chi connectivity index (χ1) is 13.2. The molecule has 3 aromatic rings. The van der Waals surface area contributed by atoms with E-state index in [-0.39, 0.29) is 12.2 Å². The topological polar surface area (TPSA) is 59.3 Å². The Morgan fingerprint density at radius 1 is 0.852 bits per heavy atom. The zero-order valence-corrected chi connectivity index (χ0v) is 15.7. The Morgan fingerprint density at radius 3 is 2.22 bits per heavy atom. The molecule has 0 fully saturated rings. The summed E-state index contributed by atoms with van der Waals surface area (Å²) in [6.07, 6.45) is 0.489. The van der Waals surface area contributed by atoms with Gasteiger partial charge in [-0.1, -0.05) is 30.3 Å². The Morgan fingerprint density at radius 2 is 1.59 bits per heavy atom. The number of rotatable bonds is 5. The van der Waals surface area contributed by atoms with E-state index in [1.54, 1.807) is 34.7 Å². The van der Waals surface area contributed by atoms with Crippen molar-refractivity contribution in [1.29, 1.82) is 0 Å². The van der Waals surface area contributed by atoms with Crippen molar-refractivity contribution in [2.45, 2.75) is 18.3 Å². The quantitative estimate of drug-likeness (QED) is 0.668. The molecule has 0 N–H and O–H groups in total. The first-order valence-electron chi connectivity index (χ1n) is 8.67. The molecule has 1 aliphatic heterocycles. The maximum absolute atomic E-state index is 6.47. The molecule has 0 bridgehead atoms. The van der Waals surface area contributed by atoms with Gasteiger partial charge in [0.15, 0.2) is 17.4 Å². The Balaban J connectivity index is 1.99. The Labute approximate surface area is 157 Å². The van der Waals surface area contributed by atoms with Gasteiger partial charge >= 0.3 is 0 Å². The van der Waals surface area contributed by atoms with E-state index in [1.807, 2.05) is 36.4 Å². The Hall–Kier alpha value is -2.70. The first kappa shape index (κ1) is 17.7. The average Bonchev–Trinajstić information content (AvgIpc) is 3.21. The third-order valence-electron chi connectivity index (χ3n) is 5.00. The lowest BCUT2D eigenvalue weighted by Gasteiger charge is -2.39. The zero-order valence-electron chi connectivity index (χ0n) is 15.7. The maximum atomic E-state index is 6.47. The molecule has 0 saturated carbocycles. The molecule has 4 rings (SSSR count). The van der Waals surface area contributed by atoms with Crippen LogP contribution in [0.4, 0.5) is 0 Å². The van der Waals surface area contributed by atoms with E-state index in [9.17, 15) is 0 Å². The van der Waals surface area contributed by atoms with Crippen LogP contribution in [0.25, 0.3) is 11.0 Å². The third-order valence-corrected chi connectivity index (χ3v) is 5.00. The summed E-state index contributed by atoms with van der Waals surface area (Å²) in [5.41, 5.74) is 2.33. The fraction of sp³-hybridized carbons (Fsp3) is 0.333. The second-order valence-corrected chi connectivity index (χ2v) is 6.28. The van der Waals surface area contributed by atoms with Gasteiger partial charge in [-0.15, -0.1) is 0 Å². The third kappa shape index (κ3) is 2.64. The second-order valence-electron chi connectivity index (χ2n) is 6.28. The molecule has 1 aromatic heterocycles. The lowest BCUT2D eigenvalue weighted by Crippen LogP contribution is -2.37. The fourth-order valence-corrected chi connectivity index (χ4v) is 3.83. The lowest BCUT2D eigenvalue weighted by molar-refractivity contribution is -0.106. The molecule has 2 heterocycles. The summed E-state index contributed by atoms with van der Waals surface area (Å²) in [5.74, 6) is 1.69. The van der Waals surface area contributed by atoms with Crippen molar-refractivity contribution in [1.82, 2.24) is 0 Å². The first-order valence-corrected chi connectivity index (χ1v) is 8.67. The van der Waals surface area contributed by atoms with E-state index in [0.29, 0.717) is 22.8 Å². The van der Waals surface area contributed by atoms with Gasteiger partial charge in [-0.05, 0) is 11.6 Å². The molecule has 6 nitrogen and oxygen atoms in total. The fourth-order valence-electron chi connectivity index (χ4n) is 3.83. The minimum absolute atomic E-state index is 0.343. The molecule has 3 unspecified atom stereocenters. The molecular weight excluding hydrogens is 348 g/mol. The molecule has 0 radical (unpaired) electrons. The van der Waals surface area contributed by atoms with Crippen LogP contribution >= 0.6 is 0 Å². The van der Waals surface area contributed by atoms with Crippen LogP contribution < -0.4 is 14.2 Å². The molecule has 2 aromatic carbocycles. The van der Waals surface area contributed by atoms with Gasteiger partial charge in [0, 0.05) is 14.2 Å². The Kier molecular flexibility index (Phi) is 4.68. The van der Waals surface area contributed by atoms with Crippen molar-refractivity contribution in [3.63, 3.8) is 0 Å². The molecule has 27 heavy (non-hydrogen) atoms. The number of furan rings is 1. The van der Waals surface area contributed by atoms with Crippen LogP contribution in [0.2, 0.25) is 0 Å². The number of hydrogen-bond acceptors (Lipinski definition) is 6. The molecule has 3 atom stereocenters. The standard InChI is InChI=1S/C21H22O6/c1-22-18-14-16(13-10-11-26-17(13)21(25-4)19(14)23-2)27-15(20(18)24-3)12-8-6-5-7-9-12/h5-11,15,18,20H,1-4H3. The maximum Gasteiger partial charge on any atom is 0.205 e. The summed E-state index contributed by atoms with van der Waals surface area (Å²) >= 11 is 0. The number of benzene rings is 2. The van der Waals surface area contributed by atoms with Gasteiger partial charge < -0.3 is 28.1 Å². The van der Waals surface area contributed by atoms with Crippen molar-refractivity contribution < 1.29 is 28.1 Å². The summed E-state index contributed by atoms with van der Waals surface area (Å²) < 4.78 is 35.1. The normalized spacial score (nSPS) is 21.6. The molecule has 0 saturated heterocycles. The lowest BCUT2D eigenvalue weighted by atomic mass is 9.90. The highest BCUT2D eigenvalue weighted by Gasteiger charge is 2.44. The highest BCUT2D eigenvalue weighted by atomic mass is 16.6. The van der Waals surface area contributed by atoms with Crippen LogP contribution in [0.15, 0.2) is 47.1 Å². The van der Waals surface area contributed by atoms with Gasteiger partial charge in [-0.25, -0.2) is 0 Å². The SMILES string of the molecule is COc1c2c(c3ccoc3c1OC)OC(c1ccccc1)C(OC)C2OC. The number of ether oxygens (including phenoxy) is 5. The van der Waals surface area contributed by atoms with Crippen LogP contribution in [-0.4, -0.2) is 34.5 Å². The minimum Gasteiger partial charge on any atom is -0.492 e. The van der Waals surface area contributed by atoms with Crippen molar-refractivity contribution in [3.8, 4) is 17.2 Å². The van der Waals surface area contributed by atoms with E-state index >= 15 is 0 Å². The minimum atomic E-state index is -0.410. The van der Waals surface area contributed by atoms with E-state index in [1.165, 1.54) is 0 Å². The molecule has 0 aliphatic carbocycles. The predicted octanol–water partition coefficient (Wildman–Crippen LogP) is 4.29. The van der Waals surface area contributed by atoms with Crippen molar-refractivity contribution in [3.05, 3.63) is 53.8 Å². The van der Waals surface area contributed by atoms with Crippen LogP contribution in [-0.2, 0) is 9.47 Å². The molecule has 6 heteroatoms. The smallest absolute Gasteiger partial charge is 0.205 e. The van der Waals surface area contributed by atoms with Gasteiger partial charge in [0.05, 0.1) is 31.4 Å². The summed E-state index contributed by atoms with van der Waals surface area (Å²) in [5, 5.41) is 0.806. The van der Waals surface area contributed by atoms with Crippen LogP contribution in [0, 0.1) is 0 Å². The summed E-state index contributed by atoms with van der Waals surface area (Å²) in [6.45, 7) is 0. The molecule has 1 aliphatic rings. The van der Waals surface area contributed by atoms with Crippen LogP contribution in [0.5, 0.6) is 17.2 Å². The van der Waals surface area contributed by atoms with Crippen LogP contribution in [0.1, 0.15) is 23.3 Å². The van der Waals surface area contributed by atoms with E-state index in [2.05, 4.69) is 0 Å². The predicted molar refractivity (Wildman–Crippen MR) is 99.7 cm³/mol. The monoisotopic (exact) mass is 370 g/mol. The van der Waals surface area contributed by atoms with Gasteiger partial charge in [-0.2, -0.15) is 0 Å². The highest BCUT2D eigenvalue weighted by molar-refractivity contribution is 5.94. The molecule has 0 spiro atoms. The molecule has 142 valence electrons. The largest absolute Gasteiger partial charge is 0.492 e. The Bertz CT molecular complexity index is 933. The number of methoxy groups -OCH3 is 4. The van der Waals surface area contributed by atoms with E-state index in [4.69, 9.17) is 28.1 Å². The van der Waals surface area contributed by atoms with Gasteiger partial charge in [0.2, 0.25) is 5.75 Å². The molecular formula is C21H22O6. The van der Waals surface area contributed by atoms with Crippen molar-refractivity contribution in [2.24, 2.45) is 0 Å². The summed E-state index contributed by atoms with van der Waals surface area (Å²) in [6, 6.07) is 11.8. The summed E-state index contributed by atoms with van der Waals surface area (Å²) in [4.78, 5) is 0. The van der Waals surface area contributed by atoms with Crippen molar-refractivity contribution in [2.75, 3.05) is 28.4 Å².